The van der Waals surface area contributed by atoms with E-state index in [-0.39, 0.29) is 6.61 Å². The number of hydrogen-bond donors (Lipinski definition) is 3. The maximum atomic E-state index is 10.0. The second-order valence-electron chi connectivity index (χ2n) is 7.45. The van der Waals surface area contributed by atoms with Gasteiger partial charge >= 0.3 is 7.12 Å². The van der Waals surface area contributed by atoms with Gasteiger partial charge in [0.1, 0.15) is 0 Å². The number of aliphatic hydroxyl groups is 1. The summed E-state index contributed by atoms with van der Waals surface area (Å²) in [6.07, 6.45) is 0. The molecular formula is C24H24BNO3. The molecule has 0 fully saturated rings. The van der Waals surface area contributed by atoms with Crippen LogP contribution in [0.4, 0.5) is 0 Å². The Hall–Kier alpha value is -2.70. The minimum absolute atomic E-state index is 0.00108. The number of fused-ring (bicyclic) bond motifs is 2. The average Bonchev–Trinajstić information content (AvgIpc) is 2.74. The lowest BCUT2D eigenvalue weighted by Crippen LogP contribution is -2.35. The van der Waals surface area contributed by atoms with Gasteiger partial charge < -0.3 is 15.2 Å². The van der Waals surface area contributed by atoms with Crippen LogP contribution in [0.25, 0.3) is 21.5 Å². The van der Waals surface area contributed by atoms with Crippen molar-refractivity contribution >= 4 is 34.1 Å². The summed E-state index contributed by atoms with van der Waals surface area (Å²) in [5.41, 5.74) is 3.59. The van der Waals surface area contributed by atoms with Crippen molar-refractivity contribution in [2.75, 3.05) is 7.05 Å². The van der Waals surface area contributed by atoms with Gasteiger partial charge in [-0.2, -0.15) is 0 Å². The Morgan fingerprint density at radius 2 is 1.17 bits per heavy atom. The van der Waals surface area contributed by atoms with Gasteiger partial charge in [-0.15, -0.1) is 0 Å². The lowest BCUT2D eigenvalue weighted by molar-refractivity contribution is 0.285. The van der Waals surface area contributed by atoms with E-state index in [4.69, 9.17) is 0 Å². The third kappa shape index (κ3) is 3.78. The van der Waals surface area contributed by atoms with Gasteiger partial charge in [0.25, 0.3) is 0 Å². The second kappa shape index (κ2) is 8.35. The minimum Gasteiger partial charge on any atom is -0.423 e. The van der Waals surface area contributed by atoms with Gasteiger partial charge in [-0.1, -0.05) is 72.8 Å². The molecule has 0 saturated carbocycles. The Balaban J connectivity index is 1.78. The van der Waals surface area contributed by atoms with Gasteiger partial charge in [0.2, 0.25) is 0 Å². The van der Waals surface area contributed by atoms with E-state index in [1.54, 1.807) is 6.07 Å². The van der Waals surface area contributed by atoms with Crippen LogP contribution in [0.15, 0.2) is 72.8 Å². The van der Waals surface area contributed by atoms with Crippen LogP contribution in [0.1, 0.15) is 16.7 Å². The van der Waals surface area contributed by atoms with E-state index in [9.17, 15) is 15.2 Å². The predicted octanol–water partition coefficient (Wildman–Crippen LogP) is 2.80. The summed E-state index contributed by atoms with van der Waals surface area (Å²) in [5, 5.41) is 33.8. The van der Waals surface area contributed by atoms with E-state index < -0.39 is 7.12 Å². The van der Waals surface area contributed by atoms with Crippen molar-refractivity contribution in [2.45, 2.75) is 19.7 Å². The molecule has 5 heteroatoms. The zero-order chi connectivity index (χ0) is 20.4. The monoisotopic (exact) mass is 385 g/mol. The van der Waals surface area contributed by atoms with Gasteiger partial charge in [-0.05, 0) is 50.7 Å². The first-order valence-corrected chi connectivity index (χ1v) is 9.74. The molecule has 4 rings (SSSR count). The van der Waals surface area contributed by atoms with Crippen molar-refractivity contribution in [3.63, 3.8) is 0 Å². The first-order chi connectivity index (χ1) is 14.1. The highest BCUT2D eigenvalue weighted by atomic mass is 16.4. The Kier molecular flexibility index (Phi) is 5.65. The molecular weight excluding hydrogens is 361 g/mol. The molecule has 29 heavy (non-hydrogen) atoms. The molecule has 4 aromatic carbocycles. The fourth-order valence-electron chi connectivity index (χ4n) is 4.20. The number of benzene rings is 4. The fraction of sp³-hybridized carbons (Fsp3) is 0.167. The van der Waals surface area contributed by atoms with Crippen LogP contribution in [0.2, 0.25) is 0 Å². The number of nitrogens with zero attached hydrogens (tertiary/aromatic N) is 1. The topological polar surface area (TPSA) is 63.9 Å². The van der Waals surface area contributed by atoms with Crippen molar-refractivity contribution in [1.29, 1.82) is 0 Å². The van der Waals surface area contributed by atoms with Crippen LogP contribution in [-0.2, 0) is 19.7 Å². The second-order valence-corrected chi connectivity index (χ2v) is 7.45. The number of hydrogen-bond acceptors (Lipinski definition) is 4. The molecule has 0 saturated heterocycles. The lowest BCUT2D eigenvalue weighted by Gasteiger charge is -2.22. The third-order valence-electron chi connectivity index (χ3n) is 5.51. The Bertz CT molecular complexity index is 1100. The van der Waals surface area contributed by atoms with E-state index in [1.807, 2.05) is 49.5 Å². The van der Waals surface area contributed by atoms with E-state index in [2.05, 4.69) is 29.2 Å². The quantitative estimate of drug-likeness (QED) is 0.353. The predicted molar refractivity (Wildman–Crippen MR) is 119 cm³/mol. The maximum Gasteiger partial charge on any atom is 0.488 e. The molecule has 3 N–H and O–H groups in total. The van der Waals surface area contributed by atoms with Crippen molar-refractivity contribution in [2.24, 2.45) is 0 Å². The van der Waals surface area contributed by atoms with Gasteiger partial charge in [-0.25, -0.2) is 0 Å². The van der Waals surface area contributed by atoms with Gasteiger partial charge in [0, 0.05) is 13.1 Å². The van der Waals surface area contributed by atoms with Gasteiger partial charge in [0.05, 0.1) is 6.61 Å². The summed E-state index contributed by atoms with van der Waals surface area (Å²) in [5.74, 6) is 0. The van der Waals surface area contributed by atoms with Gasteiger partial charge in [0.15, 0.2) is 0 Å². The van der Waals surface area contributed by atoms with Crippen LogP contribution < -0.4 is 5.46 Å². The number of rotatable bonds is 6. The number of aliphatic hydroxyl groups excluding tert-OH is 1. The van der Waals surface area contributed by atoms with Gasteiger partial charge in [-0.3, -0.25) is 4.90 Å². The highest BCUT2D eigenvalue weighted by molar-refractivity contribution is 6.59. The normalized spacial score (nSPS) is 11.5. The highest BCUT2D eigenvalue weighted by Crippen LogP contribution is 2.33. The summed E-state index contributed by atoms with van der Waals surface area (Å²) in [4.78, 5) is 2.17. The molecule has 0 aromatic heterocycles. The van der Waals surface area contributed by atoms with E-state index in [1.165, 1.54) is 5.56 Å². The van der Waals surface area contributed by atoms with E-state index >= 15 is 0 Å². The first-order valence-electron chi connectivity index (χ1n) is 9.74. The van der Waals surface area contributed by atoms with Crippen molar-refractivity contribution in [1.82, 2.24) is 4.90 Å². The van der Waals surface area contributed by atoms with Crippen LogP contribution in [0, 0.1) is 0 Å². The SMILES string of the molecule is CN(Cc1ccccc1B(O)O)Cc1c2ccccc2c(CO)c2ccccc12. The van der Waals surface area contributed by atoms with Crippen molar-refractivity contribution < 1.29 is 15.2 Å². The molecule has 4 aromatic rings. The standard InChI is InChI=1S/C24H24BNO3/c1-26(14-17-8-2-7-13-24(17)25(28)29)15-22-18-9-3-5-11-20(18)23(16-27)21-12-6-4-10-19(21)22/h2-13,27-29H,14-16H2,1H3. The molecule has 0 spiro atoms. The van der Waals surface area contributed by atoms with Crippen molar-refractivity contribution in [3.05, 3.63) is 89.5 Å². The molecule has 0 amide bonds. The molecule has 0 heterocycles. The zero-order valence-electron chi connectivity index (χ0n) is 16.4. The molecule has 0 atom stereocenters. The summed E-state index contributed by atoms with van der Waals surface area (Å²) < 4.78 is 0. The molecule has 0 radical (unpaired) electrons. The Morgan fingerprint density at radius 3 is 1.69 bits per heavy atom. The summed E-state index contributed by atoms with van der Waals surface area (Å²) in [6.45, 7) is 1.29. The Labute approximate surface area is 170 Å². The fourth-order valence-corrected chi connectivity index (χ4v) is 4.20. The van der Waals surface area contributed by atoms with Crippen LogP contribution in [0.5, 0.6) is 0 Å². The molecule has 0 aliphatic heterocycles. The lowest BCUT2D eigenvalue weighted by atomic mass is 9.77. The van der Waals surface area contributed by atoms with E-state index in [0.717, 1.165) is 32.7 Å². The average molecular weight is 385 g/mol. The summed E-state index contributed by atoms with van der Waals surface area (Å²) in [6, 6.07) is 23.8. The first kappa shape index (κ1) is 19.6. The zero-order valence-corrected chi connectivity index (χ0v) is 16.4. The summed E-state index contributed by atoms with van der Waals surface area (Å²) in [7, 11) is 0.550. The van der Waals surface area contributed by atoms with Crippen LogP contribution in [0.3, 0.4) is 0 Å². The van der Waals surface area contributed by atoms with E-state index in [0.29, 0.717) is 18.6 Å². The minimum atomic E-state index is -1.48. The maximum absolute atomic E-state index is 10.0. The van der Waals surface area contributed by atoms with Crippen molar-refractivity contribution in [3.8, 4) is 0 Å². The highest BCUT2D eigenvalue weighted by Gasteiger charge is 2.18. The molecule has 0 unspecified atom stereocenters. The smallest absolute Gasteiger partial charge is 0.423 e. The molecule has 4 nitrogen and oxygen atoms in total. The third-order valence-corrected chi connectivity index (χ3v) is 5.51. The van der Waals surface area contributed by atoms with Crippen LogP contribution in [-0.4, -0.2) is 34.2 Å². The molecule has 0 bridgehead atoms. The summed E-state index contributed by atoms with van der Waals surface area (Å²) >= 11 is 0. The Morgan fingerprint density at radius 1 is 0.690 bits per heavy atom. The largest absolute Gasteiger partial charge is 0.488 e. The molecule has 0 aliphatic carbocycles. The molecule has 146 valence electrons. The molecule has 0 aliphatic rings. The van der Waals surface area contributed by atoms with Crippen LogP contribution >= 0.6 is 0 Å².